The minimum absolute atomic E-state index is 0.0395. The lowest BCUT2D eigenvalue weighted by atomic mass is 10.0. The van der Waals surface area contributed by atoms with Crippen LogP contribution in [0.2, 0.25) is 0 Å². The fourth-order valence-electron chi connectivity index (χ4n) is 1.96. The van der Waals surface area contributed by atoms with E-state index in [9.17, 15) is 4.79 Å². The van der Waals surface area contributed by atoms with Crippen molar-refractivity contribution in [3.63, 3.8) is 0 Å². The first-order chi connectivity index (χ1) is 9.25. The third-order valence-corrected chi connectivity index (χ3v) is 2.98. The normalized spacial score (nSPS) is 11.8. The molecule has 0 aliphatic heterocycles. The molecule has 1 atom stereocenters. The second-order valence-corrected chi connectivity index (χ2v) is 4.74. The predicted octanol–water partition coefficient (Wildman–Crippen LogP) is 2.69. The van der Waals surface area contributed by atoms with E-state index in [0.29, 0.717) is 18.0 Å². The molecule has 0 fully saturated rings. The van der Waals surface area contributed by atoms with E-state index < -0.39 is 0 Å². The molecule has 3 heteroatoms. The molecule has 19 heavy (non-hydrogen) atoms. The van der Waals surface area contributed by atoms with Gasteiger partial charge in [0, 0.05) is 24.5 Å². The van der Waals surface area contributed by atoms with Crippen molar-refractivity contribution in [3.8, 4) is 0 Å². The Hall–Kier alpha value is -2.16. The number of carbonyl (C=O) groups excluding carboxylic acids is 1. The number of nitrogens with one attached hydrogen (secondary N) is 1. The van der Waals surface area contributed by atoms with Gasteiger partial charge in [0.25, 0.3) is 5.91 Å². The molecule has 1 unspecified atom stereocenters. The van der Waals surface area contributed by atoms with E-state index in [-0.39, 0.29) is 5.91 Å². The summed E-state index contributed by atoms with van der Waals surface area (Å²) in [5, 5.41) is 2.95. The van der Waals surface area contributed by atoms with E-state index in [4.69, 9.17) is 0 Å². The van der Waals surface area contributed by atoms with Crippen LogP contribution in [0.15, 0.2) is 54.9 Å². The van der Waals surface area contributed by atoms with Gasteiger partial charge in [-0.2, -0.15) is 0 Å². The van der Waals surface area contributed by atoms with Crippen molar-refractivity contribution in [2.75, 3.05) is 6.54 Å². The fourth-order valence-corrected chi connectivity index (χ4v) is 1.96. The molecule has 2 rings (SSSR count). The number of pyridine rings is 1. The van der Waals surface area contributed by atoms with Gasteiger partial charge in [0.2, 0.25) is 0 Å². The lowest BCUT2D eigenvalue weighted by molar-refractivity contribution is 0.0948. The van der Waals surface area contributed by atoms with Gasteiger partial charge in [0.15, 0.2) is 0 Å². The van der Waals surface area contributed by atoms with Gasteiger partial charge < -0.3 is 5.32 Å². The highest BCUT2D eigenvalue weighted by Gasteiger charge is 2.08. The molecule has 0 saturated carbocycles. The Morgan fingerprint density at radius 1 is 1.16 bits per heavy atom. The Bertz CT molecular complexity index is 511. The van der Waals surface area contributed by atoms with Crippen molar-refractivity contribution in [1.29, 1.82) is 0 Å². The van der Waals surface area contributed by atoms with Gasteiger partial charge in [-0.3, -0.25) is 9.78 Å². The molecule has 1 aromatic carbocycles. The maximum absolute atomic E-state index is 11.9. The molecule has 1 aromatic heterocycles. The summed E-state index contributed by atoms with van der Waals surface area (Å²) in [7, 11) is 0. The molecule has 0 radical (unpaired) electrons. The number of rotatable bonds is 5. The Morgan fingerprint density at radius 3 is 2.53 bits per heavy atom. The fraction of sp³-hybridized carbons (Fsp3) is 0.250. The minimum Gasteiger partial charge on any atom is -0.352 e. The van der Waals surface area contributed by atoms with Crippen LogP contribution in [-0.2, 0) is 6.42 Å². The van der Waals surface area contributed by atoms with E-state index in [0.717, 1.165) is 6.42 Å². The second kappa shape index (κ2) is 6.69. The van der Waals surface area contributed by atoms with Crippen molar-refractivity contribution in [2.45, 2.75) is 13.3 Å². The maximum Gasteiger partial charge on any atom is 0.251 e. The largest absolute Gasteiger partial charge is 0.352 e. The van der Waals surface area contributed by atoms with Crippen LogP contribution in [0.5, 0.6) is 0 Å². The van der Waals surface area contributed by atoms with E-state index in [1.165, 1.54) is 5.56 Å². The molecule has 1 amide bonds. The second-order valence-electron chi connectivity index (χ2n) is 4.74. The van der Waals surface area contributed by atoms with Gasteiger partial charge >= 0.3 is 0 Å². The molecule has 0 bridgehead atoms. The highest BCUT2D eigenvalue weighted by molar-refractivity contribution is 5.93. The van der Waals surface area contributed by atoms with Crippen LogP contribution in [0.1, 0.15) is 22.8 Å². The third-order valence-electron chi connectivity index (χ3n) is 2.98. The van der Waals surface area contributed by atoms with Crippen LogP contribution in [0.3, 0.4) is 0 Å². The van der Waals surface area contributed by atoms with Gasteiger partial charge in [0.1, 0.15) is 0 Å². The van der Waals surface area contributed by atoms with Crippen molar-refractivity contribution in [2.24, 2.45) is 5.92 Å². The summed E-state index contributed by atoms with van der Waals surface area (Å²) >= 11 is 0. The molecular formula is C16H18N2O. The Kier molecular flexibility index (Phi) is 4.67. The average Bonchev–Trinajstić information content (AvgIpc) is 2.47. The molecule has 2 aromatic rings. The quantitative estimate of drug-likeness (QED) is 0.891. The highest BCUT2D eigenvalue weighted by Crippen LogP contribution is 2.07. The summed E-state index contributed by atoms with van der Waals surface area (Å²) in [5.41, 5.74) is 1.95. The van der Waals surface area contributed by atoms with Crippen LogP contribution in [0.4, 0.5) is 0 Å². The van der Waals surface area contributed by atoms with Crippen LogP contribution < -0.4 is 5.32 Å². The van der Waals surface area contributed by atoms with Crippen LogP contribution >= 0.6 is 0 Å². The summed E-state index contributed by atoms with van der Waals surface area (Å²) in [4.78, 5) is 15.8. The molecule has 0 aliphatic rings. The maximum atomic E-state index is 11.9. The van der Waals surface area contributed by atoms with Crippen molar-refractivity contribution in [1.82, 2.24) is 10.3 Å². The first kappa shape index (κ1) is 13.3. The number of amides is 1. The number of carbonyl (C=O) groups is 1. The average molecular weight is 254 g/mol. The van der Waals surface area contributed by atoms with E-state index in [1.807, 2.05) is 18.2 Å². The third kappa shape index (κ3) is 4.21. The Balaban J connectivity index is 1.81. The Morgan fingerprint density at radius 2 is 1.84 bits per heavy atom. The first-order valence-corrected chi connectivity index (χ1v) is 6.48. The molecule has 3 nitrogen and oxygen atoms in total. The summed E-state index contributed by atoms with van der Waals surface area (Å²) in [6, 6.07) is 13.8. The van der Waals surface area contributed by atoms with Crippen molar-refractivity contribution < 1.29 is 4.79 Å². The summed E-state index contributed by atoms with van der Waals surface area (Å²) in [6.45, 7) is 2.82. The van der Waals surface area contributed by atoms with Gasteiger partial charge in [-0.15, -0.1) is 0 Å². The van der Waals surface area contributed by atoms with Crippen LogP contribution in [0, 0.1) is 5.92 Å². The molecular weight excluding hydrogens is 236 g/mol. The standard InChI is InChI=1S/C16H18N2O/c1-13(11-14-5-3-2-4-6-14)12-18-16(19)15-7-9-17-10-8-15/h2-10,13H,11-12H2,1H3,(H,18,19). The molecule has 1 heterocycles. The number of benzene rings is 1. The van der Waals surface area contributed by atoms with Gasteiger partial charge in [-0.25, -0.2) is 0 Å². The lowest BCUT2D eigenvalue weighted by Crippen LogP contribution is -2.29. The summed E-state index contributed by atoms with van der Waals surface area (Å²) in [6.07, 6.45) is 4.22. The van der Waals surface area contributed by atoms with Gasteiger partial charge in [-0.1, -0.05) is 37.3 Å². The number of hydrogen-bond donors (Lipinski definition) is 1. The summed E-state index contributed by atoms with van der Waals surface area (Å²) < 4.78 is 0. The molecule has 1 N–H and O–H groups in total. The van der Waals surface area contributed by atoms with E-state index in [1.54, 1.807) is 24.5 Å². The lowest BCUT2D eigenvalue weighted by Gasteiger charge is -2.12. The summed E-state index contributed by atoms with van der Waals surface area (Å²) in [5.74, 6) is 0.371. The SMILES string of the molecule is CC(CNC(=O)c1ccncc1)Cc1ccccc1. The van der Waals surface area contributed by atoms with Crippen LogP contribution in [0.25, 0.3) is 0 Å². The van der Waals surface area contributed by atoms with Crippen molar-refractivity contribution >= 4 is 5.91 Å². The predicted molar refractivity (Wildman–Crippen MR) is 75.9 cm³/mol. The van der Waals surface area contributed by atoms with Crippen LogP contribution in [-0.4, -0.2) is 17.4 Å². The molecule has 98 valence electrons. The zero-order valence-corrected chi connectivity index (χ0v) is 11.0. The molecule has 0 saturated heterocycles. The Labute approximate surface area is 113 Å². The monoisotopic (exact) mass is 254 g/mol. The number of nitrogens with zero attached hydrogens (tertiary/aromatic N) is 1. The number of aromatic nitrogens is 1. The number of hydrogen-bond acceptors (Lipinski definition) is 2. The van der Waals surface area contributed by atoms with Crippen molar-refractivity contribution in [3.05, 3.63) is 66.0 Å². The smallest absolute Gasteiger partial charge is 0.251 e. The van der Waals surface area contributed by atoms with E-state index >= 15 is 0 Å². The zero-order chi connectivity index (χ0) is 13.5. The minimum atomic E-state index is -0.0395. The van der Waals surface area contributed by atoms with Gasteiger partial charge in [0.05, 0.1) is 0 Å². The molecule has 0 aliphatic carbocycles. The molecule has 0 spiro atoms. The zero-order valence-electron chi connectivity index (χ0n) is 11.0. The van der Waals surface area contributed by atoms with Gasteiger partial charge in [-0.05, 0) is 30.0 Å². The highest BCUT2D eigenvalue weighted by atomic mass is 16.1. The first-order valence-electron chi connectivity index (χ1n) is 6.48. The van der Waals surface area contributed by atoms with E-state index in [2.05, 4.69) is 29.4 Å². The topological polar surface area (TPSA) is 42.0 Å².